The van der Waals surface area contributed by atoms with E-state index in [1.807, 2.05) is 6.08 Å². The number of hydrogen-bond donors (Lipinski definition) is 0. The molecular weight excluding hydrogens is 234 g/mol. The van der Waals surface area contributed by atoms with E-state index in [-0.39, 0.29) is 12.2 Å². The third-order valence-corrected chi connectivity index (χ3v) is 3.19. The van der Waals surface area contributed by atoms with Crippen LogP contribution in [0, 0.1) is 11.6 Å². The van der Waals surface area contributed by atoms with Gasteiger partial charge in [0, 0.05) is 12.5 Å². The SMILES string of the molecule is O=C(Cc1cc(F)cc(F)c1)C1=CCCCCC1. The van der Waals surface area contributed by atoms with Crippen molar-refractivity contribution in [2.45, 2.75) is 38.5 Å². The van der Waals surface area contributed by atoms with Crippen molar-refractivity contribution in [3.63, 3.8) is 0 Å². The van der Waals surface area contributed by atoms with Crippen LogP contribution in [0.25, 0.3) is 0 Å². The van der Waals surface area contributed by atoms with Gasteiger partial charge in [0.2, 0.25) is 0 Å². The summed E-state index contributed by atoms with van der Waals surface area (Å²) in [5, 5.41) is 0. The second kappa shape index (κ2) is 5.89. The first-order valence-corrected chi connectivity index (χ1v) is 6.32. The molecule has 0 saturated carbocycles. The van der Waals surface area contributed by atoms with Crippen LogP contribution in [0.5, 0.6) is 0 Å². The van der Waals surface area contributed by atoms with Crippen molar-refractivity contribution in [3.8, 4) is 0 Å². The number of Topliss-reactive ketones (excluding diaryl/α,β-unsaturated/α-hetero) is 1. The summed E-state index contributed by atoms with van der Waals surface area (Å²) >= 11 is 0. The number of allylic oxidation sites excluding steroid dienone is 2. The Hall–Kier alpha value is -1.51. The van der Waals surface area contributed by atoms with E-state index in [9.17, 15) is 13.6 Å². The highest BCUT2D eigenvalue weighted by Gasteiger charge is 2.13. The van der Waals surface area contributed by atoms with Crippen LogP contribution >= 0.6 is 0 Å². The van der Waals surface area contributed by atoms with Crippen LogP contribution in [0.2, 0.25) is 0 Å². The van der Waals surface area contributed by atoms with Crippen LogP contribution < -0.4 is 0 Å². The zero-order valence-electron chi connectivity index (χ0n) is 10.2. The first kappa shape index (κ1) is 12.9. The largest absolute Gasteiger partial charge is 0.294 e. The zero-order chi connectivity index (χ0) is 13.0. The molecule has 1 nitrogen and oxygen atoms in total. The summed E-state index contributed by atoms with van der Waals surface area (Å²) in [5.74, 6) is -1.28. The molecule has 1 aromatic carbocycles. The molecule has 0 heterocycles. The first-order valence-electron chi connectivity index (χ1n) is 6.32. The van der Waals surface area contributed by atoms with Crippen LogP contribution in [-0.4, -0.2) is 5.78 Å². The number of carbonyl (C=O) groups is 1. The minimum absolute atomic E-state index is 0.0121. The maximum Gasteiger partial charge on any atom is 0.162 e. The lowest BCUT2D eigenvalue weighted by Gasteiger charge is -2.05. The Morgan fingerprint density at radius 2 is 1.78 bits per heavy atom. The van der Waals surface area contributed by atoms with Crippen molar-refractivity contribution < 1.29 is 13.6 Å². The molecule has 0 aliphatic heterocycles. The summed E-state index contributed by atoms with van der Waals surface area (Å²) < 4.78 is 26.0. The van der Waals surface area contributed by atoms with Gasteiger partial charge in [0.05, 0.1) is 0 Å². The van der Waals surface area contributed by atoms with Crippen molar-refractivity contribution in [1.82, 2.24) is 0 Å². The number of benzene rings is 1. The number of halogens is 2. The molecule has 0 aromatic heterocycles. The Labute approximate surface area is 106 Å². The van der Waals surface area contributed by atoms with Crippen molar-refractivity contribution in [3.05, 3.63) is 47.0 Å². The standard InChI is InChI=1S/C15H16F2O/c16-13-7-11(8-14(17)10-13)9-15(18)12-5-3-1-2-4-6-12/h5,7-8,10H,1-4,6,9H2. The molecule has 3 heteroatoms. The van der Waals surface area contributed by atoms with Gasteiger partial charge in [-0.15, -0.1) is 0 Å². The van der Waals surface area contributed by atoms with Gasteiger partial charge in [-0.3, -0.25) is 4.79 Å². The number of ketones is 1. The molecule has 0 bridgehead atoms. The molecule has 18 heavy (non-hydrogen) atoms. The van der Waals surface area contributed by atoms with Crippen LogP contribution in [-0.2, 0) is 11.2 Å². The molecule has 1 aliphatic rings. The molecule has 0 unspecified atom stereocenters. The normalized spacial score (nSPS) is 16.0. The van der Waals surface area contributed by atoms with Gasteiger partial charge in [-0.25, -0.2) is 8.78 Å². The van der Waals surface area contributed by atoms with Gasteiger partial charge in [-0.05, 0) is 49.0 Å². The molecule has 0 N–H and O–H groups in total. The van der Waals surface area contributed by atoms with Crippen molar-refractivity contribution >= 4 is 5.78 Å². The summed E-state index contributed by atoms with van der Waals surface area (Å²) in [7, 11) is 0. The van der Waals surface area contributed by atoms with E-state index in [1.54, 1.807) is 0 Å². The average Bonchev–Trinajstić information content (AvgIpc) is 2.55. The Morgan fingerprint density at radius 3 is 2.50 bits per heavy atom. The highest BCUT2D eigenvalue weighted by atomic mass is 19.1. The topological polar surface area (TPSA) is 17.1 Å². The molecule has 0 radical (unpaired) electrons. The summed E-state index contributed by atoms with van der Waals surface area (Å²) in [4.78, 5) is 12.0. The summed E-state index contributed by atoms with van der Waals surface area (Å²) in [6.45, 7) is 0. The highest BCUT2D eigenvalue weighted by Crippen LogP contribution is 2.19. The quantitative estimate of drug-likeness (QED) is 0.793. The predicted molar refractivity (Wildman–Crippen MR) is 66.2 cm³/mol. The summed E-state index contributed by atoms with van der Waals surface area (Å²) in [5.41, 5.74) is 1.22. The first-order chi connectivity index (χ1) is 8.65. The van der Waals surface area contributed by atoms with E-state index in [0.717, 1.165) is 43.7 Å². The van der Waals surface area contributed by atoms with Crippen LogP contribution in [0.1, 0.15) is 37.7 Å². The fraction of sp³-hybridized carbons (Fsp3) is 0.400. The Kier molecular flexibility index (Phi) is 4.24. The lowest BCUT2D eigenvalue weighted by atomic mass is 9.99. The van der Waals surface area contributed by atoms with Crippen LogP contribution in [0.4, 0.5) is 8.78 Å². The van der Waals surface area contributed by atoms with Crippen molar-refractivity contribution in [1.29, 1.82) is 0 Å². The fourth-order valence-corrected chi connectivity index (χ4v) is 2.28. The Morgan fingerprint density at radius 1 is 1.06 bits per heavy atom. The van der Waals surface area contributed by atoms with Gasteiger partial charge in [-0.1, -0.05) is 12.5 Å². The molecule has 1 aromatic rings. The lowest BCUT2D eigenvalue weighted by Crippen LogP contribution is -2.07. The number of rotatable bonds is 3. The molecule has 2 rings (SSSR count). The van der Waals surface area contributed by atoms with E-state index < -0.39 is 11.6 Å². The highest BCUT2D eigenvalue weighted by molar-refractivity contribution is 5.96. The van der Waals surface area contributed by atoms with Gasteiger partial charge in [-0.2, -0.15) is 0 Å². The van der Waals surface area contributed by atoms with Crippen molar-refractivity contribution in [2.24, 2.45) is 0 Å². The molecule has 0 fully saturated rings. The third-order valence-electron chi connectivity index (χ3n) is 3.19. The maximum absolute atomic E-state index is 13.0. The van der Waals surface area contributed by atoms with Gasteiger partial charge >= 0.3 is 0 Å². The summed E-state index contributed by atoms with van der Waals surface area (Å²) in [6.07, 6.45) is 7.06. The van der Waals surface area contributed by atoms with E-state index >= 15 is 0 Å². The number of carbonyl (C=O) groups excluding carboxylic acids is 1. The molecule has 0 atom stereocenters. The Balaban J connectivity index is 2.08. The van der Waals surface area contributed by atoms with E-state index in [1.165, 1.54) is 12.1 Å². The average molecular weight is 250 g/mol. The van der Waals surface area contributed by atoms with E-state index in [0.29, 0.717) is 5.56 Å². The minimum atomic E-state index is -0.632. The fourth-order valence-electron chi connectivity index (χ4n) is 2.28. The van der Waals surface area contributed by atoms with Gasteiger partial charge in [0.15, 0.2) is 5.78 Å². The summed E-state index contributed by atoms with van der Waals surface area (Å²) in [6, 6.07) is 3.26. The Bertz CT molecular complexity index is 457. The molecule has 0 saturated heterocycles. The number of hydrogen-bond acceptors (Lipinski definition) is 1. The lowest BCUT2D eigenvalue weighted by molar-refractivity contribution is -0.115. The third kappa shape index (κ3) is 3.49. The van der Waals surface area contributed by atoms with E-state index in [2.05, 4.69) is 0 Å². The maximum atomic E-state index is 13.0. The molecular formula is C15H16F2O. The van der Waals surface area contributed by atoms with Crippen molar-refractivity contribution in [2.75, 3.05) is 0 Å². The monoisotopic (exact) mass is 250 g/mol. The smallest absolute Gasteiger partial charge is 0.162 e. The van der Waals surface area contributed by atoms with Crippen LogP contribution in [0.15, 0.2) is 29.8 Å². The second-order valence-corrected chi connectivity index (χ2v) is 4.71. The van der Waals surface area contributed by atoms with E-state index in [4.69, 9.17) is 0 Å². The molecule has 1 aliphatic carbocycles. The van der Waals surface area contributed by atoms with Gasteiger partial charge < -0.3 is 0 Å². The van der Waals surface area contributed by atoms with Crippen LogP contribution in [0.3, 0.4) is 0 Å². The molecule has 0 amide bonds. The predicted octanol–water partition coefficient (Wildman–Crippen LogP) is 3.97. The molecule has 96 valence electrons. The molecule has 0 spiro atoms. The van der Waals surface area contributed by atoms with Gasteiger partial charge in [0.25, 0.3) is 0 Å². The zero-order valence-corrected chi connectivity index (χ0v) is 10.2. The van der Waals surface area contributed by atoms with Gasteiger partial charge in [0.1, 0.15) is 11.6 Å². The minimum Gasteiger partial charge on any atom is -0.294 e. The second-order valence-electron chi connectivity index (χ2n) is 4.71.